The van der Waals surface area contributed by atoms with Crippen molar-refractivity contribution in [3.8, 4) is 0 Å². The number of morpholine rings is 1. The molecule has 100 valence electrons. The van der Waals surface area contributed by atoms with Crippen molar-refractivity contribution in [2.24, 2.45) is 0 Å². The fourth-order valence-electron chi connectivity index (χ4n) is 2.38. The van der Waals surface area contributed by atoms with E-state index in [1.165, 1.54) is 5.56 Å². The molecule has 0 aliphatic carbocycles. The molecule has 18 heavy (non-hydrogen) atoms. The largest absolute Gasteiger partial charge is 0.387 e. The first-order valence-electron chi connectivity index (χ1n) is 6.80. The number of aryl methyl sites for hydroxylation is 1. The molecule has 1 aromatic rings. The van der Waals surface area contributed by atoms with Crippen LogP contribution in [0.4, 0.5) is 0 Å². The monoisotopic (exact) mass is 249 g/mol. The van der Waals surface area contributed by atoms with Crippen molar-refractivity contribution in [3.05, 3.63) is 35.4 Å². The third kappa shape index (κ3) is 3.55. The van der Waals surface area contributed by atoms with Gasteiger partial charge in [0.25, 0.3) is 0 Å². The molecule has 1 fully saturated rings. The molecule has 1 aliphatic heterocycles. The zero-order valence-electron chi connectivity index (χ0n) is 11.3. The molecule has 1 saturated heterocycles. The van der Waals surface area contributed by atoms with E-state index < -0.39 is 6.10 Å². The predicted molar refractivity (Wildman–Crippen MR) is 72.6 cm³/mol. The van der Waals surface area contributed by atoms with Crippen molar-refractivity contribution in [1.29, 1.82) is 0 Å². The van der Waals surface area contributed by atoms with Crippen LogP contribution >= 0.6 is 0 Å². The first-order valence-corrected chi connectivity index (χ1v) is 6.80. The minimum atomic E-state index is -0.402. The predicted octanol–water partition coefficient (Wildman–Crippen LogP) is 2.00. The molecular weight excluding hydrogens is 226 g/mol. The lowest BCUT2D eigenvalue weighted by molar-refractivity contribution is -0.0319. The maximum absolute atomic E-state index is 10.2. The van der Waals surface area contributed by atoms with Gasteiger partial charge in [0.2, 0.25) is 0 Å². The smallest absolute Gasteiger partial charge is 0.0916 e. The lowest BCUT2D eigenvalue weighted by atomic mass is 10.1. The highest BCUT2D eigenvalue weighted by atomic mass is 16.5. The maximum atomic E-state index is 10.2. The number of hydrogen-bond donors (Lipinski definition) is 1. The number of ether oxygens (including phenoxy) is 1. The normalized spacial score (nSPS) is 22.9. The fourth-order valence-corrected chi connectivity index (χ4v) is 2.38. The van der Waals surface area contributed by atoms with E-state index in [0.29, 0.717) is 6.54 Å². The van der Waals surface area contributed by atoms with Crippen LogP contribution in [0, 0.1) is 0 Å². The zero-order chi connectivity index (χ0) is 13.0. The summed E-state index contributed by atoms with van der Waals surface area (Å²) in [5.74, 6) is 0. The Morgan fingerprint density at radius 3 is 2.72 bits per heavy atom. The van der Waals surface area contributed by atoms with Crippen molar-refractivity contribution >= 4 is 0 Å². The van der Waals surface area contributed by atoms with E-state index in [1.807, 2.05) is 12.1 Å². The van der Waals surface area contributed by atoms with E-state index in [1.54, 1.807) is 0 Å². The molecular formula is C15H23NO2. The Morgan fingerprint density at radius 1 is 1.39 bits per heavy atom. The van der Waals surface area contributed by atoms with Crippen LogP contribution in [0.2, 0.25) is 0 Å². The van der Waals surface area contributed by atoms with Gasteiger partial charge in [-0.25, -0.2) is 0 Å². The van der Waals surface area contributed by atoms with Gasteiger partial charge in [-0.15, -0.1) is 0 Å². The Morgan fingerprint density at radius 2 is 2.11 bits per heavy atom. The molecule has 0 radical (unpaired) electrons. The van der Waals surface area contributed by atoms with Gasteiger partial charge in [0.1, 0.15) is 0 Å². The lowest BCUT2D eigenvalue weighted by Gasteiger charge is -2.32. The molecule has 1 aromatic carbocycles. The molecule has 2 unspecified atom stereocenters. The Bertz CT molecular complexity index is 363. The summed E-state index contributed by atoms with van der Waals surface area (Å²) in [5.41, 5.74) is 2.32. The van der Waals surface area contributed by atoms with E-state index in [9.17, 15) is 5.11 Å². The van der Waals surface area contributed by atoms with Gasteiger partial charge in [0, 0.05) is 19.6 Å². The standard InChI is InChI=1S/C15H23NO2/c1-3-13-4-6-14(7-5-13)15(17)11-16-8-9-18-12(2)10-16/h4-7,12,15,17H,3,8-11H2,1-2H3. The third-order valence-corrected chi connectivity index (χ3v) is 3.53. The van der Waals surface area contributed by atoms with Crippen LogP contribution in [-0.2, 0) is 11.2 Å². The van der Waals surface area contributed by atoms with Crippen molar-refractivity contribution in [1.82, 2.24) is 4.90 Å². The second kappa shape index (κ2) is 6.32. The Balaban J connectivity index is 1.91. The number of nitrogens with zero attached hydrogens (tertiary/aromatic N) is 1. The average molecular weight is 249 g/mol. The molecule has 3 heteroatoms. The molecule has 3 nitrogen and oxygen atoms in total. The average Bonchev–Trinajstić information content (AvgIpc) is 2.39. The van der Waals surface area contributed by atoms with Crippen LogP contribution in [0.15, 0.2) is 24.3 Å². The number of β-amino-alcohol motifs (C(OH)–C–C–N with tert-alkyl or cyclic N) is 1. The van der Waals surface area contributed by atoms with E-state index in [0.717, 1.165) is 31.7 Å². The quantitative estimate of drug-likeness (QED) is 0.886. The van der Waals surface area contributed by atoms with Gasteiger partial charge in [-0.05, 0) is 24.5 Å². The molecule has 2 atom stereocenters. The highest BCUT2D eigenvalue weighted by Crippen LogP contribution is 2.17. The Kier molecular flexibility index (Phi) is 4.75. The minimum absolute atomic E-state index is 0.272. The summed E-state index contributed by atoms with van der Waals surface area (Å²) in [5, 5.41) is 10.2. The van der Waals surface area contributed by atoms with Crippen LogP contribution in [0.5, 0.6) is 0 Å². The number of aliphatic hydroxyl groups is 1. The molecule has 0 amide bonds. The molecule has 0 saturated carbocycles. The summed E-state index contributed by atoms with van der Waals surface area (Å²) in [4.78, 5) is 2.27. The van der Waals surface area contributed by atoms with E-state index in [2.05, 4.69) is 30.9 Å². The molecule has 1 N–H and O–H groups in total. The van der Waals surface area contributed by atoms with Crippen LogP contribution in [0.3, 0.4) is 0 Å². The minimum Gasteiger partial charge on any atom is -0.387 e. The third-order valence-electron chi connectivity index (χ3n) is 3.53. The van der Waals surface area contributed by atoms with E-state index in [-0.39, 0.29) is 6.10 Å². The van der Waals surface area contributed by atoms with Crippen LogP contribution < -0.4 is 0 Å². The molecule has 2 rings (SSSR count). The van der Waals surface area contributed by atoms with Crippen molar-refractivity contribution in [3.63, 3.8) is 0 Å². The summed E-state index contributed by atoms with van der Waals surface area (Å²) in [7, 11) is 0. The van der Waals surface area contributed by atoms with Gasteiger partial charge >= 0.3 is 0 Å². The summed E-state index contributed by atoms with van der Waals surface area (Å²) < 4.78 is 5.50. The number of hydrogen-bond acceptors (Lipinski definition) is 3. The van der Waals surface area contributed by atoms with Crippen LogP contribution in [0.1, 0.15) is 31.1 Å². The van der Waals surface area contributed by atoms with Gasteiger partial charge in [0.15, 0.2) is 0 Å². The summed E-state index contributed by atoms with van der Waals surface area (Å²) in [6.45, 7) is 7.50. The second-order valence-electron chi connectivity index (χ2n) is 5.05. The maximum Gasteiger partial charge on any atom is 0.0916 e. The molecule has 0 bridgehead atoms. The molecule has 1 aliphatic rings. The van der Waals surface area contributed by atoms with Crippen molar-refractivity contribution in [2.45, 2.75) is 32.5 Å². The Labute approximate surface area is 109 Å². The van der Waals surface area contributed by atoms with Crippen LogP contribution in [0.25, 0.3) is 0 Å². The lowest BCUT2D eigenvalue weighted by Crippen LogP contribution is -2.42. The number of rotatable bonds is 4. The van der Waals surface area contributed by atoms with Crippen molar-refractivity contribution < 1.29 is 9.84 Å². The topological polar surface area (TPSA) is 32.7 Å². The van der Waals surface area contributed by atoms with E-state index in [4.69, 9.17) is 4.74 Å². The van der Waals surface area contributed by atoms with Gasteiger partial charge in [-0.1, -0.05) is 31.2 Å². The van der Waals surface area contributed by atoms with Crippen LogP contribution in [-0.4, -0.2) is 42.4 Å². The summed E-state index contributed by atoms with van der Waals surface area (Å²) in [6, 6.07) is 8.27. The highest BCUT2D eigenvalue weighted by molar-refractivity contribution is 5.24. The van der Waals surface area contributed by atoms with E-state index >= 15 is 0 Å². The van der Waals surface area contributed by atoms with Gasteiger partial charge in [-0.3, -0.25) is 4.90 Å². The summed E-state index contributed by atoms with van der Waals surface area (Å²) in [6.07, 6.45) is 0.909. The summed E-state index contributed by atoms with van der Waals surface area (Å²) >= 11 is 0. The molecule has 1 heterocycles. The first-order chi connectivity index (χ1) is 8.69. The van der Waals surface area contributed by atoms with Crippen molar-refractivity contribution in [2.75, 3.05) is 26.2 Å². The van der Waals surface area contributed by atoms with Gasteiger partial charge in [-0.2, -0.15) is 0 Å². The highest BCUT2D eigenvalue weighted by Gasteiger charge is 2.19. The molecule has 0 spiro atoms. The SMILES string of the molecule is CCc1ccc(C(O)CN2CCOC(C)C2)cc1. The number of aliphatic hydroxyl groups excluding tert-OH is 1. The number of benzene rings is 1. The second-order valence-corrected chi connectivity index (χ2v) is 5.05. The Hall–Kier alpha value is -0.900. The first kappa shape index (κ1) is 13.5. The molecule has 0 aromatic heterocycles. The fraction of sp³-hybridized carbons (Fsp3) is 0.600. The van der Waals surface area contributed by atoms with Gasteiger partial charge < -0.3 is 9.84 Å². The zero-order valence-corrected chi connectivity index (χ0v) is 11.3. The van der Waals surface area contributed by atoms with Gasteiger partial charge in [0.05, 0.1) is 18.8 Å².